The maximum atomic E-state index is 5.22. The molecule has 2 rings (SSSR count). The summed E-state index contributed by atoms with van der Waals surface area (Å²) in [5.74, 6) is 0.770. The van der Waals surface area contributed by atoms with Gasteiger partial charge < -0.3 is 22.9 Å². The van der Waals surface area contributed by atoms with Gasteiger partial charge in [0.2, 0.25) is 0 Å². The van der Waals surface area contributed by atoms with Crippen LogP contribution < -0.4 is 4.84 Å². The monoisotopic (exact) mass is 327 g/mol. The van der Waals surface area contributed by atoms with Crippen LogP contribution in [0.2, 0.25) is 0 Å². The fourth-order valence-electron chi connectivity index (χ4n) is 1.76. The Morgan fingerprint density at radius 3 is 2.18 bits per heavy atom. The molecule has 22 heavy (non-hydrogen) atoms. The number of para-hydroxylation sites is 1. The molecule has 1 heterocycles. The number of ether oxygens (including phenoxy) is 1. The van der Waals surface area contributed by atoms with Gasteiger partial charge in [0, 0.05) is 32.5 Å². The highest BCUT2D eigenvalue weighted by Gasteiger charge is 2.17. The largest absolute Gasteiger partial charge is 0.484 e. The van der Waals surface area contributed by atoms with Crippen molar-refractivity contribution in [2.75, 3.05) is 26.9 Å². The molecule has 1 unspecified atom stereocenters. The Bertz CT molecular complexity index is 429. The summed E-state index contributed by atoms with van der Waals surface area (Å²) in [6, 6.07) is 7.70. The van der Waals surface area contributed by atoms with E-state index in [-0.39, 0.29) is 6.10 Å². The van der Waals surface area contributed by atoms with E-state index in [1.807, 2.05) is 45.0 Å². The Labute approximate surface area is 133 Å². The summed E-state index contributed by atoms with van der Waals surface area (Å²) in [6.45, 7) is 7.86. The molecule has 0 N–H and O–H groups in total. The number of hydrogen-bond donors (Lipinski definition) is 0. The van der Waals surface area contributed by atoms with Gasteiger partial charge in [0.15, 0.2) is 5.75 Å². The van der Waals surface area contributed by atoms with Crippen LogP contribution in [0.1, 0.15) is 32.4 Å². The third-order valence-electron chi connectivity index (χ3n) is 2.74. The summed E-state index contributed by atoms with van der Waals surface area (Å²) in [7, 11) is -0.0822. The minimum absolute atomic E-state index is 0.0741. The molecule has 1 aromatic carbocycles. The fraction of sp³-hybridized carbons (Fsp3) is 0.533. The van der Waals surface area contributed by atoms with Gasteiger partial charge in [0.25, 0.3) is 0 Å². The minimum Gasteiger partial charge on any atom is -0.376 e. The van der Waals surface area contributed by atoms with Crippen molar-refractivity contribution < 1.29 is 22.9 Å². The lowest BCUT2D eigenvalue weighted by molar-refractivity contribution is 0.107. The third-order valence-corrected chi connectivity index (χ3v) is 4.55. The smallest absolute Gasteiger partial charge is 0.376 e. The highest BCUT2D eigenvalue weighted by molar-refractivity contribution is 6.36. The van der Waals surface area contributed by atoms with Gasteiger partial charge in [-0.3, -0.25) is 0 Å². The van der Waals surface area contributed by atoms with Gasteiger partial charge in [-0.25, -0.2) is 0 Å². The quantitative estimate of drug-likeness (QED) is 0.720. The van der Waals surface area contributed by atoms with E-state index in [4.69, 9.17) is 22.9 Å². The predicted octanol–water partition coefficient (Wildman–Crippen LogP) is 2.57. The van der Waals surface area contributed by atoms with Gasteiger partial charge in [-0.15, -0.1) is 0 Å². The molecule has 0 saturated heterocycles. The number of hydrogen-bond acceptors (Lipinski definition) is 6. The standard InChI is InChI=1S/C9H9NO2.C6H16O3Si/c1-11-9-6-10-12-8-5-3-2-4-7(8)9;1-4-7-10(8-5-2)9-6-3/h2-6,9H,1H3;10H,4-6H2,1-3H3. The van der Waals surface area contributed by atoms with Gasteiger partial charge in [-0.1, -0.05) is 23.4 Å². The van der Waals surface area contributed by atoms with E-state index in [0.29, 0.717) is 19.8 Å². The van der Waals surface area contributed by atoms with Gasteiger partial charge >= 0.3 is 9.53 Å². The Balaban J connectivity index is 0.000000225. The number of methoxy groups -OCH3 is 1. The van der Waals surface area contributed by atoms with Gasteiger partial charge in [0.1, 0.15) is 6.10 Å². The van der Waals surface area contributed by atoms with Crippen LogP contribution in [0.5, 0.6) is 5.75 Å². The maximum absolute atomic E-state index is 5.22. The van der Waals surface area contributed by atoms with Crippen LogP contribution in [0.4, 0.5) is 0 Å². The summed E-state index contributed by atoms with van der Waals surface area (Å²) in [5.41, 5.74) is 1.02. The van der Waals surface area contributed by atoms with Crippen LogP contribution in [0.3, 0.4) is 0 Å². The summed E-state index contributed by atoms with van der Waals surface area (Å²) in [6.07, 6.45) is 1.57. The Morgan fingerprint density at radius 2 is 1.64 bits per heavy atom. The molecule has 0 bridgehead atoms. The van der Waals surface area contributed by atoms with E-state index < -0.39 is 9.53 Å². The second kappa shape index (κ2) is 11.3. The highest BCUT2D eigenvalue weighted by Crippen LogP contribution is 2.28. The lowest BCUT2D eigenvalue weighted by Crippen LogP contribution is -2.27. The van der Waals surface area contributed by atoms with Crippen LogP contribution in [0.15, 0.2) is 29.4 Å². The zero-order chi connectivity index (χ0) is 16.2. The van der Waals surface area contributed by atoms with Gasteiger partial charge in [-0.05, 0) is 26.8 Å². The summed E-state index contributed by atoms with van der Waals surface area (Å²) >= 11 is 0. The number of fused-ring (bicyclic) bond motifs is 1. The van der Waals surface area contributed by atoms with Crippen molar-refractivity contribution in [2.24, 2.45) is 5.16 Å². The summed E-state index contributed by atoms with van der Waals surface area (Å²) in [5, 5.41) is 3.72. The number of benzene rings is 1. The van der Waals surface area contributed by atoms with Crippen LogP contribution >= 0.6 is 0 Å². The molecule has 124 valence electrons. The number of nitrogens with zero attached hydrogens (tertiary/aromatic N) is 1. The Kier molecular flexibility index (Phi) is 9.68. The zero-order valence-corrected chi connectivity index (χ0v) is 14.8. The van der Waals surface area contributed by atoms with Gasteiger partial charge in [-0.2, -0.15) is 0 Å². The first-order valence-electron chi connectivity index (χ1n) is 7.43. The first-order valence-corrected chi connectivity index (χ1v) is 8.85. The summed E-state index contributed by atoms with van der Waals surface area (Å²) in [4.78, 5) is 5.04. The number of oxime groups is 1. The molecule has 0 saturated carbocycles. The lowest BCUT2D eigenvalue weighted by Gasteiger charge is -2.16. The van der Waals surface area contributed by atoms with Crippen LogP contribution in [0, 0.1) is 0 Å². The average Bonchev–Trinajstić information content (AvgIpc) is 2.56. The second-order valence-corrected chi connectivity index (χ2v) is 5.77. The molecule has 0 spiro atoms. The molecule has 1 aliphatic rings. The Hall–Kier alpha value is -1.25. The molecule has 0 fully saturated rings. The first kappa shape index (κ1) is 18.8. The second-order valence-electron chi connectivity index (χ2n) is 4.19. The molecule has 0 aliphatic carbocycles. The van der Waals surface area contributed by atoms with Crippen molar-refractivity contribution in [1.82, 2.24) is 0 Å². The highest BCUT2D eigenvalue weighted by atomic mass is 28.3. The average molecular weight is 327 g/mol. The molecule has 1 aromatic rings. The van der Waals surface area contributed by atoms with Crippen molar-refractivity contribution in [3.8, 4) is 5.75 Å². The normalized spacial score (nSPS) is 15.8. The SMILES string of the molecule is CCO[SiH](OCC)OCC.COC1C=NOc2ccccc21. The van der Waals surface area contributed by atoms with Crippen molar-refractivity contribution >= 4 is 15.7 Å². The van der Waals surface area contributed by atoms with Crippen molar-refractivity contribution in [3.05, 3.63) is 29.8 Å². The molecule has 0 amide bonds. The fourth-order valence-corrected chi connectivity index (χ4v) is 2.87. The van der Waals surface area contributed by atoms with E-state index in [1.165, 1.54) is 0 Å². The molecule has 0 aromatic heterocycles. The topological polar surface area (TPSA) is 58.5 Å². The lowest BCUT2D eigenvalue weighted by atomic mass is 10.1. The maximum Gasteiger partial charge on any atom is 0.484 e. The van der Waals surface area contributed by atoms with Crippen LogP contribution in [0.25, 0.3) is 0 Å². The van der Waals surface area contributed by atoms with Gasteiger partial charge in [0.05, 0.1) is 6.21 Å². The zero-order valence-electron chi connectivity index (χ0n) is 13.7. The molecule has 6 nitrogen and oxygen atoms in total. The van der Waals surface area contributed by atoms with Crippen LogP contribution in [-0.4, -0.2) is 42.7 Å². The molecular weight excluding hydrogens is 302 g/mol. The molecule has 0 radical (unpaired) electrons. The number of rotatable bonds is 7. The molecule has 1 atom stereocenters. The van der Waals surface area contributed by atoms with E-state index >= 15 is 0 Å². The van der Waals surface area contributed by atoms with E-state index in [9.17, 15) is 0 Å². The third kappa shape index (κ3) is 6.25. The van der Waals surface area contributed by atoms with Crippen molar-refractivity contribution in [1.29, 1.82) is 0 Å². The first-order chi connectivity index (χ1) is 10.8. The van der Waals surface area contributed by atoms with Crippen molar-refractivity contribution in [2.45, 2.75) is 26.9 Å². The Morgan fingerprint density at radius 1 is 1.05 bits per heavy atom. The predicted molar refractivity (Wildman–Crippen MR) is 87.3 cm³/mol. The molecule has 7 heteroatoms. The van der Waals surface area contributed by atoms with Crippen molar-refractivity contribution in [3.63, 3.8) is 0 Å². The van der Waals surface area contributed by atoms with E-state index in [1.54, 1.807) is 13.3 Å². The van der Waals surface area contributed by atoms with E-state index in [2.05, 4.69) is 5.16 Å². The minimum atomic E-state index is -1.73. The molecule has 1 aliphatic heterocycles. The summed E-state index contributed by atoms with van der Waals surface area (Å²) < 4.78 is 20.8. The molecular formula is C15H25NO5Si. The van der Waals surface area contributed by atoms with E-state index in [0.717, 1.165) is 11.3 Å². The van der Waals surface area contributed by atoms with Crippen LogP contribution in [-0.2, 0) is 18.0 Å².